The van der Waals surface area contributed by atoms with Gasteiger partial charge in [0.05, 0.1) is 17.8 Å². The highest BCUT2D eigenvalue weighted by Gasteiger charge is 2.21. The Morgan fingerprint density at radius 3 is 2.32 bits per heavy atom. The molecule has 126 valence electrons. The van der Waals surface area contributed by atoms with Gasteiger partial charge in [-0.05, 0) is 26.2 Å². The summed E-state index contributed by atoms with van der Waals surface area (Å²) in [6.07, 6.45) is 2.03. The Kier molecular flexibility index (Phi) is 7.38. The zero-order chi connectivity index (χ0) is 16.7. The van der Waals surface area contributed by atoms with Crippen LogP contribution in [0.5, 0.6) is 0 Å². The lowest BCUT2D eigenvalue weighted by Gasteiger charge is -2.22. The minimum absolute atomic E-state index is 0.142. The quantitative estimate of drug-likeness (QED) is 0.689. The summed E-state index contributed by atoms with van der Waals surface area (Å²) in [5.74, 6) is 0.937. The number of carbonyl (C=O) groups excluding carboxylic acids is 1. The van der Waals surface area contributed by atoms with Crippen LogP contribution in [0.3, 0.4) is 0 Å². The molecule has 0 aromatic carbocycles. The van der Waals surface area contributed by atoms with E-state index in [0.29, 0.717) is 0 Å². The van der Waals surface area contributed by atoms with Crippen molar-refractivity contribution >= 4 is 6.03 Å². The van der Waals surface area contributed by atoms with Crippen molar-refractivity contribution < 1.29 is 14.4 Å². The van der Waals surface area contributed by atoms with Gasteiger partial charge in [0.15, 0.2) is 0 Å². The van der Waals surface area contributed by atoms with E-state index in [-0.39, 0.29) is 24.5 Å². The standard InChI is InChI=1S/C16H29N3O3/c1-6-12(7-2)14(20)9-17-16(21)18-13(8-3)15-10(4)19-22-11(15)5/h12-14,20H,6-9H2,1-5H3,(H2,17,18,21). The molecule has 1 heterocycles. The molecule has 2 amide bonds. The molecule has 0 spiro atoms. The number of nitrogens with one attached hydrogen (secondary N) is 2. The second kappa shape index (κ2) is 8.78. The van der Waals surface area contributed by atoms with E-state index in [1.165, 1.54) is 0 Å². The number of rotatable bonds is 8. The maximum absolute atomic E-state index is 12.0. The third kappa shape index (κ3) is 4.73. The van der Waals surface area contributed by atoms with Crippen LogP contribution in [0.4, 0.5) is 4.79 Å². The Labute approximate surface area is 132 Å². The maximum Gasteiger partial charge on any atom is 0.315 e. The van der Waals surface area contributed by atoms with Gasteiger partial charge in [0.1, 0.15) is 5.76 Å². The number of aliphatic hydroxyl groups is 1. The van der Waals surface area contributed by atoms with Crippen molar-refractivity contribution in [2.75, 3.05) is 6.54 Å². The van der Waals surface area contributed by atoms with Crippen LogP contribution in [0.25, 0.3) is 0 Å². The molecule has 2 unspecified atom stereocenters. The fourth-order valence-corrected chi connectivity index (χ4v) is 2.77. The van der Waals surface area contributed by atoms with E-state index in [1.54, 1.807) is 0 Å². The molecular formula is C16H29N3O3. The van der Waals surface area contributed by atoms with Gasteiger partial charge in [0, 0.05) is 12.1 Å². The molecular weight excluding hydrogens is 282 g/mol. The summed E-state index contributed by atoms with van der Waals surface area (Å²) < 4.78 is 5.16. The summed E-state index contributed by atoms with van der Waals surface area (Å²) in [7, 11) is 0. The second-order valence-corrected chi connectivity index (χ2v) is 5.70. The number of carbonyl (C=O) groups is 1. The van der Waals surface area contributed by atoms with E-state index in [0.717, 1.165) is 36.3 Å². The molecule has 22 heavy (non-hydrogen) atoms. The second-order valence-electron chi connectivity index (χ2n) is 5.70. The Bertz CT molecular complexity index is 450. The average molecular weight is 311 g/mol. The van der Waals surface area contributed by atoms with Gasteiger partial charge in [-0.3, -0.25) is 0 Å². The first-order chi connectivity index (χ1) is 10.4. The lowest BCUT2D eigenvalue weighted by Crippen LogP contribution is -2.43. The largest absolute Gasteiger partial charge is 0.391 e. The molecule has 0 saturated heterocycles. The first kappa shape index (κ1) is 18.5. The lowest BCUT2D eigenvalue weighted by molar-refractivity contribution is 0.103. The van der Waals surface area contributed by atoms with Crippen molar-refractivity contribution in [3.05, 3.63) is 17.0 Å². The fourth-order valence-electron chi connectivity index (χ4n) is 2.77. The first-order valence-electron chi connectivity index (χ1n) is 8.09. The number of aliphatic hydroxyl groups excluding tert-OH is 1. The van der Waals surface area contributed by atoms with Crippen LogP contribution in [0, 0.1) is 19.8 Å². The van der Waals surface area contributed by atoms with Gasteiger partial charge in [0.25, 0.3) is 0 Å². The molecule has 1 aromatic rings. The fraction of sp³-hybridized carbons (Fsp3) is 0.750. The summed E-state index contributed by atoms with van der Waals surface area (Å²) in [5, 5.41) is 19.6. The highest BCUT2D eigenvalue weighted by atomic mass is 16.5. The Morgan fingerprint density at radius 2 is 1.86 bits per heavy atom. The molecule has 0 fully saturated rings. The molecule has 0 aliphatic rings. The molecule has 6 nitrogen and oxygen atoms in total. The molecule has 0 radical (unpaired) electrons. The van der Waals surface area contributed by atoms with Crippen LogP contribution in [0.15, 0.2) is 4.52 Å². The first-order valence-corrected chi connectivity index (χ1v) is 8.09. The molecule has 1 rings (SSSR count). The number of aromatic nitrogens is 1. The van der Waals surface area contributed by atoms with E-state index in [9.17, 15) is 9.90 Å². The van der Waals surface area contributed by atoms with Crippen LogP contribution in [-0.2, 0) is 0 Å². The third-order valence-electron chi connectivity index (χ3n) is 4.22. The Hall–Kier alpha value is -1.56. The predicted molar refractivity (Wildman–Crippen MR) is 85.6 cm³/mol. The van der Waals surface area contributed by atoms with Crippen LogP contribution < -0.4 is 10.6 Å². The summed E-state index contributed by atoms with van der Waals surface area (Å²) in [5.41, 5.74) is 1.72. The minimum Gasteiger partial charge on any atom is -0.391 e. The monoisotopic (exact) mass is 311 g/mol. The van der Waals surface area contributed by atoms with Crippen molar-refractivity contribution in [1.29, 1.82) is 0 Å². The van der Waals surface area contributed by atoms with Gasteiger partial charge in [-0.25, -0.2) is 4.79 Å². The Balaban J connectivity index is 2.56. The minimum atomic E-state index is -0.514. The summed E-state index contributed by atoms with van der Waals surface area (Å²) in [4.78, 5) is 12.0. The summed E-state index contributed by atoms with van der Waals surface area (Å²) in [6.45, 7) is 10.1. The van der Waals surface area contributed by atoms with E-state index in [1.807, 2.05) is 34.6 Å². The van der Waals surface area contributed by atoms with Gasteiger partial charge >= 0.3 is 6.03 Å². The molecule has 0 aliphatic carbocycles. The molecule has 0 bridgehead atoms. The van der Waals surface area contributed by atoms with E-state index in [4.69, 9.17) is 4.52 Å². The maximum atomic E-state index is 12.0. The zero-order valence-electron chi connectivity index (χ0n) is 14.3. The van der Waals surface area contributed by atoms with Crippen molar-refractivity contribution in [2.45, 2.75) is 66.0 Å². The summed E-state index contributed by atoms with van der Waals surface area (Å²) >= 11 is 0. The van der Waals surface area contributed by atoms with Gasteiger partial charge in [-0.15, -0.1) is 0 Å². The lowest BCUT2D eigenvalue weighted by atomic mass is 9.97. The van der Waals surface area contributed by atoms with Crippen LogP contribution in [0.2, 0.25) is 0 Å². The number of hydrogen-bond donors (Lipinski definition) is 3. The third-order valence-corrected chi connectivity index (χ3v) is 4.22. The van der Waals surface area contributed by atoms with Crippen LogP contribution in [0.1, 0.15) is 63.1 Å². The number of urea groups is 1. The SMILES string of the molecule is CCC(NC(=O)NCC(O)C(CC)CC)c1c(C)noc1C. The van der Waals surface area contributed by atoms with E-state index in [2.05, 4.69) is 15.8 Å². The summed E-state index contributed by atoms with van der Waals surface area (Å²) in [6, 6.07) is -0.423. The van der Waals surface area contributed by atoms with Gasteiger partial charge in [-0.1, -0.05) is 38.8 Å². The number of aryl methyl sites for hydroxylation is 2. The van der Waals surface area contributed by atoms with E-state index >= 15 is 0 Å². The molecule has 1 aromatic heterocycles. The van der Waals surface area contributed by atoms with Gasteiger partial charge in [-0.2, -0.15) is 0 Å². The van der Waals surface area contributed by atoms with Crippen molar-refractivity contribution in [3.8, 4) is 0 Å². The molecule has 0 saturated carbocycles. The number of hydrogen-bond acceptors (Lipinski definition) is 4. The zero-order valence-corrected chi connectivity index (χ0v) is 14.3. The highest BCUT2D eigenvalue weighted by molar-refractivity contribution is 5.74. The number of nitrogens with zero attached hydrogens (tertiary/aromatic N) is 1. The smallest absolute Gasteiger partial charge is 0.315 e. The molecule has 6 heteroatoms. The van der Waals surface area contributed by atoms with Crippen molar-refractivity contribution in [2.24, 2.45) is 5.92 Å². The van der Waals surface area contributed by atoms with E-state index < -0.39 is 6.10 Å². The topological polar surface area (TPSA) is 87.4 Å². The predicted octanol–water partition coefficient (Wildman–Crippen LogP) is 2.84. The van der Waals surface area contributed by atoms with Gasteiger partial charge in [0.2, 0.25) is 0 Å². The number of amides is 2. The molecule has 3 N–H and O–H groups in total. The highest BCUT2D eigenvalue weighted by Crippen LogP contribution is 2.23. The van der Waals surface area contributed by atoms with Gasteiger partial charge < -0.3 is 20.3 Å². The van der Waals surface area contributed by atoms with Crippen molar-refractivity contribution in [3.63, 3.8) is 0 Å². The average Bonchev–Trinajstić information content (AvgIpc) is 2.83. The molecule has 2 atom stereocenters. The van der Waals surface area contributed by atoms with Crippen molar-refractivity contribution in [1.82, 2.24) is 15.8 Å². The molecule has 0 aliphatic heterocycles. The van der Waals surface area contributed by atoms with Crippen LogP contribution in [-0.4, -0.2) is 28.9 Å². The Morgan fingerprint density at radius 1 is 1.23 bits per heavy atom. The normalized spacial score (nSPS) is 14.0. The van der Waals surface area contributed by atoms with Crippen LogP contribution >= 0.6 is 0 Å².